The highest BCUT2D eigenvalue weighted by Crippen LogP contribution is 2.36. The van der Waals surface area contributed by atoms with Crippen LogP contribution in [0.5, 0.6) is 0 Å². The highest BCUT2D eigenvalue weighted by Gasteiger charge is 2.24. The van der Waals surface area contributed by atoms with Crippen molar-refractivity contribution in [2.75, 3.05) is 12.3 Å². The second-order valence-corrected chi connectivity index (χ2v) is 4.59. The van der Waals surface area contributed by atoms with Gasteiger partial charge in [0.2, 0.25) is 0 Å². The fourth-order valence-corrected chi connectivity index (χ4v) is 3.08. The molecule has 0 radical (unpaired) electrons. The third-order valence-corrected chi connectivity index (χ3v) is 3.63. The summed E-state index contributed by atoms with van der Waals surface area (Å²) in [5.74, 6) is -0.00981. The molecule has 3 nitrogen and oxygen atoms in total. The third kappa shape index (κ3) is 1.39. The van der Waals surface area contributed by atoms with Gasteiger partial charge in [-0.3, -0.25) is 4.79 Å². The molecule has 0 aromatic carbocycles. The Kier molecular flexibility index (Phi) is 2.46. The van der Waals surface area contributed by atoms with Crippen molar-refractivity contribution in [2.24, 2.45) is 0 Å². The minimum atomic E-state index is -0.00981. The van der Waals surface area contributed by atoms with Crippen LogP contribution in [0.2, 0.25) is 0 Å². The van der Waals surface area contributed by atoms with Gasteiger partial charge in [0.25, 0.3) is 5.91 Å². The van der Waals surface area contributed by atoms with Crippen molar-refractivity contribution in [1.82, 2.24) is 5.32 Å². The van der Waals surface area contributed by atoms with Crippen molar-refractivity contribution >= 4 is 22.2 Å². The molecule has 1 amide bonds. The van der Waals surface area contributed by atoms with E-state index in [4.69, 9.17) is 5.73 Å². The van der Waals surface area contributed by atoms with Gasteiger partial charge in [0.15, 0.2) is 0 Å². The summed E-state index contributed by atoms with van der Waals surface area (Å²) in [6.07, 6.45) is 3.26. The van der Waals surface area contributed by atoms with Gasteiger partial charge in [-0.25, -0.2) is 0 Å². The summed E-state index contributed by atoms with van der Waals surface area (Å²) < 4.78 is 0. The van der Waals surface area contributed by atoms with E-state index < -0.39 is 0 Å². The van der Waals surface area contributed by atoms with Crippen LogP contribution in [0.4, 0.5) is 5.00 Å². The van der Waals surface area contributed by atoms with Gasteiger partial charge in [-0.15, -0.1) is 11.3 Å². The molecule has 0 atom stereocenters. The molecule has 4 heteroatoms. The maximum atomic E-state index is 11.7. The number of carbonyl (C=O) groups is 1. The van der Waals surface area contributed by atoms with E-state index in [0.717, 1.165) is 24.8 Å². The van der Waals surface area contributed by atoms with Crippen LogP contribution >= 0.6 is 11.3 Å². The molecule has 0 saturated carbocycles. The first-order valence-electron chi connectivity index (χ1n) is 4.92. The number of nitrogens with two attached hydrogens (primary N) is 1. The molecular formula is C10H14N2OS. The van der Waals surface area contributed by atoms with E-state index >= 15 is 0 Å². The molecule has 1 aromatic heterocycles. The quantitative estimate of drug-likeness (QED) is 0.778. The number of hydrogen-bond donors (Lipinski definition) is 2. The SMILES string of the molecule is CCNC(=O)c1c(N)sc2c1CCC2. The van der Waals surface area contributed by atoms with Crippen LogP contribution in [-0.2, 0) is 12.8 Å². The maximum Gasteiger partial charge on any atom is 0.254 e. The lowest BCUT2D eigenvalue weighted by molar-refractivity contribution is 0.0956. The third-order valence-electron chi connectivity index (χ3n) is 2.51. The van der Waals surface area contributed by atoms with Crippen molar-refractivity contribution in [3.05, 3.63) is 16.0 Å². The zero-order valence-electron chi connectivity index (χ0n) is 8.22. The summed E-state index contributed by atoms with van der Waals surface area (Å²) >= 11 is 1.57. The molecule has 14 heavy (non-hydrogen) atoms. The summed E-state index contributed by atoms with van der Waals surface area (Å²) in [5.41, 5.74) is 7.77. The molecule has 1 aromatic rings. The Balaban J connectivity index is 2.37. The molecule has 1 aliphatic rings. The van der Waals surface area contributed by atoms with Crippen molar-refractivity contribution in [3.63, 3.8) is 0 Å². The monoisotopic (exact) mass is 210 g/mol. The number of thiophene rings is 1. The molecule has 3 N–H and O–H groups in total. The van der Waals surface area contributed by atoms with E-state index in [0.29, 0.717) is 11.5 Å². The van der Waals surface area contributed by atoms with Gasteiger partial charge < -0.3 is 11.1 Å². The number of anilines is 1. The van der Waals surface area contributed by atoms with Gasteiger partial charge in [0.05, 0.1) is 10.6 Å². The molecule has 0 bridgehead atoms. The molecule has 2 rings (SSSR count). The second kappa shape index (κ2) is 3.61. The first kappa shape index (κ1) is 9.52. The number of aryl methyl sites for hydroxylation is 1. The van der Waals surface area contributed by atoms with E-state index in [9.17, 15) is 4.79 Å². The topological polar surface area (TPSA) is 55.1 Å². The van der Waals surface area contributed by atoms with Crippen molar-refractivity contribution in [1.29, 1.82) is 0 Å². The van der Waals surface area contributed by atoms with E-state index in [-0.39, 0.29) is 5.91 Å². The van der Waals surface area contributed by atoms with Crippen molar-refractivity contribution in [3.8, 4) is 0 Å². The van der Waals surface area contributed by atoms with Crippen LogP contribution in [0.25, 0.3) is 0 Å². The average Bonchev–Trinajstić information content (AvgIpc) is 2.63. The molecular weight excluding hydrogens is 196 g/mol. The lowest BCUT2D eigenvalue weighted by Gasteiger charge is -2.03. The van der Waals surface area contributed by atoms with Crippen LogP contribution in [0.3, 0.4) is 0 Å². The average molecular weight is 210 g/mol. The molecule has 0 unspecified atom stereocenters. The van der Waals surface area contributed by atoms with E-state index in [1.807, 2.05) is 6.92 Å². The van der Waals surface area contributed by atoms with E-state index in [2.05, 4.69) is 5.32 Å². The van der Waals surface area contributed by atoms with Crippen molar-refractivity contribution in [2.45, 2.75) is 26.2 Å². The number of amides is 1. The second-order valence-electron chi connectivity index (χ2n) is 3.46. The normalized spacial score (nSPS) is 14.1. The summed E-state index contributed by atoms with van der Waals surface area (Å²) in [4.78, 5) is 13.0. The Bertz CT molecular complexity index is 370. The number of nitrogens with one attached hydrogen (secondary N) is 1. The van der Waals surface area contributed by atoms with Gasteiger partial charge in [0.1, 0.15) is 0 Å². The van der Waals surface area contributed by atoms with Crippen LogP contribution in [0, 0.1) is 0 Å². The summed E-state index contributed by atoms with van der Waals surface area (Å²) in [6, 6.07) is 0. The van der Waals surface area contributed by atoms with Crippen LogP contribution in [0.1, 0.15) is 34.1 Å². The number of carbonyl (C=O) groups excluding carboxylic acids is 1. The Labute approximate surface area is 87.3 Å². The number of nitrogen functional groups attached to an aromatic ring is 1. The standard InChI is InChI=1S/C10H14N2OS/c1-2-12-10(13)8-6-4-3-5-7(6)14-9(8)11/h2-5,11H2,1H3,(H,12,13). The highest BCUT2D eigenvalue weighted by atomic mass is 32.1. The molecule has 0 fully saturated rings. The molecule has 1 aliphatic carbocycles. The fraction of sp³-hybridized carbons (Fsp3) is 0.500. The fourth-order valence-electron chi connectivity index (χ4n) is 1.92. The molecule has 0 spiro atoms. The van der Waals surface area contributed by atoms with Gasteiger partial charge in [-0.05, 0) is 31.7 Å². The van der Waals surface area contributed by atoms with Crippen LogP contribution in [0.15, 0.2) is 0 Å². The number of fused-ring (bicyclic) bond motifs is 1. The Morgan fingerprint density at radius 1 is 1.57 bits per heavy atom. The van der Waals surface area contributed by atoms with Gasteiger partial charge in [-0.2, -0.15) is 0 Å². The van der Waals surface area contributed by atoms with Gasteiger partial charge in [0, 0.05) is 11.4 Å². The summed E-state index contributed by atoms with van der Waals surface area (Å²) in [5, 5.41) is 3.49. The largest absolute Gasteiger partial charge is 0.390 e. The van der Waals surface area contributed by atoms with Crippen LogP contribution in [-0.4, -0.2) is 12.5 Å². The predicted octanol–water partition coefficient (Wildman–Crippen LogP) is 1.57. The van der Waals surface area contributed by atoms with Crippen molar-refractivity contribution < 1.29 is 4.79 Å². The molecule has 76 valence electrons. The maximum absolute atomic E-state index is 11.7. The molecule has 0 aliphatic heterocycles. The minimum Gasteiger partial charge on any atom is -0.390 e. The summed E-state index contributed by atoms with van der Waals surface area (Å²) in [6.45, 7) is 2.57. The van der Waals surface area contributed by atoms with Crippen LogP contribution < -0.4 is 11.1 Å². The Hall–Kier alpha value is -1.03. The highest BCUT2D eigenvalue weighted by molar-refractivity contribution is 7.16. The lowest BCUT2D eigenvalue weighted by atomic mass is 10.1. The number of rotatable bonds is 2. The van der Waals surface area contributed by atoms with E-state index in [1.165, 1.54) is 10.4 Å². The van der Waals surface area contributed by atoms with E-state index in [1.54, 1.807) is 11.3 Å². The van der Waals surface area contributed by atoms with Gasteiger partial charge >= 0.3 is 0 Å². The first-order valence-corrected chi connectivity index (χ1v) is 5.74. The first-order chi connectivity index (χ1) is 6.74. The Morgan fingerprint density at radius 3 is 3.07 bits per heavy atom. The zero-order chi connectivity index (χ0) is 10.1. The summed E-state index contributed by atoms with van der Waals surface area (Å²) in [7, 11) is 0. The smallest absolute Gasteiger partial charge is 0.254 e. The Morgan fingerprint density at radius 2 is 2.36 bits per heavy atom. The lowest BCUT2D eigenvalue weighted by Crippen LogP contribution is -2.24. The molecule has 1 heterocycles. The predicted molar refractivity (Wildman–Crippen MR) is 58.8 cm³/mol. The molecule has 0 saturated heterocycles. The zero-order valence-corrected chi connectivity index (χ0v) is 9.04. The number of hydrogen-bond acceptors (Lipinski definition) is 3. The van der Waals surface area contributed by atoms with Gasteiger partial charge in [-0.1, -0.05) is 0 Å². The minimum absolute atomic E-state index is 0.00981.